The molecule has 22 heavy (non-hydrogen) atoms. The standard InChI is InChI=1S/C17H14O5/c1-8(2)13-11(18)5-3-10-9-4-6-12-16(21-7-20-12)14(9)17(19)22-15(10)13/h3-6,8,18H,7H2,1-2H3. The Morgan fingerprint density at radius 3 is 2.64 bits per heavy atom. The fourth-order valence-corrected chi connectivity index (χ4v) is 3.01. The van der Waals surface area contributed by atoms with E-state index in [2.05, 4.69) is 0 Å². The summed E-state index contributed by atoms with van der Waals surface area (Å²) in [5.74, 6) is 1.12. The van der Waals surface area contributed by atoms with Crippen molar-refractivity contribution in [3.05, 3.63) is 40.2 Å². The van der Waals surface area contributed by atoms with Gasteiger partial charge in [-0.3, -0.25) is 0 Å². The number of hydrogen-bond donors (Lipinski definition) is 1. The van der Waals surface area contributed by atoms with Crippen molar-refractivity contribution in [3.63, 3.8) is 0 Å². The zero-order chi connectivity index (χ0) is 15.4. The molecule has 0 unspecified atom stereocenters. The Balaban J connectivity index is 2.23. The van der Waals surface area contributed by atoms with Gasteiger partial charge in [-0.15, -0.1) is 0 Å². The van der Waals surface area contributed by atoms with Crippen molar-refractivity contribution in [1.82, 2.24) is 0 Å². The van der Waals surface area contributed by atoms with Crippen LogP contribution in [0.15, 0.2) is 33.5 Å². The summed E-state index contributed by atoms with van der Waals surface area (Å²) in [7, 11) is 0. The lowest BCUT2D eigenvalue weighted by Gasteiger charge is -2.12. The van der Waals surface area contributed by atoms with E-state index in [0.29, 0.717) is 28.0 Å². The molecular formula is C17H14O5. The number of aromatic hydroxyl groups is 1. The highest BCUT2D eigenvalue weighted by atomic mass is 16.7. The van der Waals surface area contributed by atoms with Crippen LogP contribution in [0.2, 0.25) is 0 Å². The quantitative estimate of drug-likeness (QED) is 0.550. The second-order valence-corrected chi connectivity index (χ2v) is 5.64. The zero-order valence-electron chi connectivity index (χ0n) is 12.2. The zero-order valence-corrected chi connectivity index (χ0v) is 12.2. The molecule has 0 radical (unpaired) electrons. The average molecular weight is 298 g/mol. The molecule has 1 aromatic heterocycles. The van der Waals surface area contributed by atoms with Crippen LogP contribution in [0.25, 0.3) is 21.7 Å². The normalized spacial score (nSPS) is 13.4. The molecular weight excluding hydrogens is 284 g/mol. The molecule has 3 aromatic rings. The van der Waals surface area contributed by atoms with Gasteiger partial charge in [-0.1, -0.05) is 13.8 Å². The van der Waals surface area contributed by atoms with Gasteiger partial charge in [0.25, 0.3) is 0 Å². The van der Waals surface area contributed by atoms with Crippen LogP contribution in [-0.2, 0) is 0 Å². The molecule has 0 spiro atoms. The minimum atomic E-state index is -0.489. The lowest BCUT2D eigenvalue weighted by atomic mass is 9.97. The monoisotopic (exact) mass is 298 g/mol. The van der Waals surface area contributed by atoms with E-state index in [1.54, 1.807) is 18.2 Å². The van der Waals surface area contributed by atoms with E-state index in [4.69, 9.17) is 13.9 Å². The molecule has 0 atom stereocenters. The molecule has 0 saturated heterocycles. The molecule has 4 rings (SSSR count). The van der Waals surface area contributed by atoms with Crippen LogP contribution in [-0.4, -0.2) is 11.9 Å². The van der Waals surface area contributed by atoms with E-state index >= 15 is 0 Å². The second-order valence-electron chi connectivity index (χ2n) is 5.64. The van der Waals surface area contributed by atoms with Crippen LogP contribution in [0.3, 0.4) is 0 Å². The Bertz CT molecular complexity index is 968. The number of benzene rings is 2. The van der Waals surface area contributed by atoms with E-state index in [9.17, 15) is 9.90 Å². The lowest BCUT2D eigenvalue weighted by Crippen LogP contribution is -2.03. The Kier molecular flexibility index (Phi) is 2.60. The minimum absolute atomic E-state index is 0.0262. The third-order valence-corrected chi connectivity index (χ3v) is 3.98. The van der Waals surface area contributed by atoms with Crippen LogP contribution in [0.4, 0.5) is 0 Å². The second kappa shape index (κ2) is 4.40. The summed E-state index contributed by atoms with van der Waals surface area (Å²) >= 11 is 0. The van der Waals surface area contributed by atoms with Gasteiger partial charge in [0.15, 0.2) is 11.5 Å². The molecule has 0 bridgehead atoms. The highest BCUT2D eigenvalue weighted by molar-refractivity contribution is 6.08. The number of rotatable bonds is 1. The first-order valence-electron chi connectivity index (χ1n) is 7.09. The number of ether oxygens (including phenoxy) is 2. The van der Waals surface area contributed by atoms with Crippen molar-refractivity contribution >= 4 is 21.7 Å². The Morgan fingerprint density at radius 2 is 1.86 bits per heavy atom. The summed E-state index contributed by atoms with van der Waals surface area (Å²) in [5, 5.41) is 12.0. The molecule has 0 aliphatic carbocycles. The van der Waals surface area contributed by atoms with E-state index < -0.39 is 5.63 Å². The molecule has 0 saturated carbocycles. The van der Waals surface area contributed by atoms with Crippen molar-refractivity contribution < 1.29 is 19.0 Å². The maximum absolute atomic E-state index is 12.5. The van der Waals surface area contributed by atoms with Gasteiger partial charge >= 0.3 is 5.63 Å². The van der Waals surface area contributed by atoms with E-state index in [-0.39, 0.29) is 18.5 Å². The van der Waals surface area contributed by atoms with Gasteiger partial charge in [-0.2, -0.15) is 0 Å². The molecule has 0 amide bonds. The average Bonchev–Trinajstić information content (AvgIpc) is 2.94. The number of hydrogen-bond acceptors (Lipinski definition) is 5. The molecule has 0 fully saturated rings. The maximum atomic E-state index is 12.5. The Morgan fingerprint density at radius 1 is 1.09 bits per heavy atom. The van der Waals surface area contributed by atoms with Crippen LogP contribution >= 0.6 is 0 Å². The summed E-state index contributed by atoms with van der Waals surface area (Å²) in [5.41, 5.74) is 0.567. The van der Waals surface area contributed by atoms with Gasteiger partial charge in [-0.25, -0.2) is 4.79 Å². The van der Waals surface area contributed by atoms with E-state index in [0.717, 1.165) is 10.8 Å². The molecule has 2 aromatic carbocycles. The van der Waals surface area contributed by atoms with Crippen LogP contribution in [0.1, 0.15) is 25.3 Å². The fraction of sp³-hybridized carbons (Fsp3) is 0.235. The first kappa shape index (κ1) is 13.0. The first-order valence-corrected chi connectivity index (χ1v) is 7.09. The molecule has 1 N–H and O–H groups in total. The van der Waals surface area contributed by atoms with Gasteiger partial charge in [0.05, 0.1) is 0 Å². The van der Waals surface area contributed by atoms with Crippen molar-refractivity contribution in [1.29, 1.82) is 0 Å². The smallest absolute Gasteiger partial charge is 0.348 e. The SMILES string of the molecule is CC(C)c1c(O)ccc2c1oc(=O)c1c3c(ccc12)OCO3. The number of phenols is 1. The van der Waals surface area contributed by atoms with Gasteiger partial charge in [0, 0.05) is 16.3 Å². The van der Waals surface area contributed by atoms with Crippen molar-refractivity contribution in [3.8, 4) is 17.2 Å². The van der Waals surface area contributed by atoms with Crippen LogP contribution in [0.5, 0.6) is 17.2 Å². The van der Waals surface area contributed by atoms with Gasteiger partial charge in [0.1, 0.15) is 16.7 Å². The first-order chi connectivity index (χ1) is 10.6. The summed E-state index contributed by atoms with van der Waals surface area (Å²) in [6.45, 7) is 3.98. The molecule has 1 aliphatic heterocycles. The fourth-order valence-electron chi connectivity index (χ4n) is 3.01. The van der Waals surface area contributed by atoms with Crippen molar-refractivity contribution in [2.24, 2.45) is 0 Å². The van der Waals surface area contributed by atoms with Crippen LogP contribution in [0, 0.1) is 0 Å². The molecule has 5 heteroatoms. The predicted octanol–water partition coefficient (Wildman–Crippen LogP) is 3.50. The summed E-state index contributed by atoms with van der Waals surface area (Å²) in [4.78, 5) is 12.5. The summed E-state index contributed by atoms with van der Waals surface area (Å²) in [6, 6.07) is 6.99. The maximum Gasteiger partial charge on any atom is 0.348 e. The highest BCUT2D eigenvalue weighted by Gasteiger charge is 2.23. The molecule has 112 valence electrons. The van der Waals surface area contributed by atoms with E-state index in [1.165, 1.54) is 0 Å². The third-order valence-electron chi connectivity index (χ3n) is 3.98. The molecule has 1 aliphatic rings. The van der Waals surface area contributed by atoms with Gasteiger partial charge in [0.2, 0.25) is 6.79 Å². The Hall–Kier alpha value is -2.69. The highest BCUT2D eigenvalue weighted by Crippen LogP contribution is 2.41. The summed E-state index contributed by atoms with van der Waals surface area (Å²) in [6.07, 6.45) is 0. The molecule has 5 nitrogen and oxygen atoms in total. The lowest BCUT2D eigenvalue weighted by molar-refractivity contribution is 0.174. The number of fused-ring (bicyclic) bond motifs is 5. The van der Waals surface area contributed by atoms with Gasteiger partial charge < -0.3 is 19.0 Å². The third kappa shape index (κ3) is 1.62. The largest absolute Gasteiger partial charge is 0.508 e. The Labute approximate surface area is 125 Å². The minimum Gasteiger partial charge on any atom is -0.508 e. The predicted molar refractivity (Wildman–Crippen MR) is 81.9 cm³/mol. The van der Waals surface area contributed by atoms with Crippen molar-refractivity contribution in [2.75, 3.05) is 6.79 Å². The van der Waals surface area contributed by atoms with E-state index in [1.807, 2.05) is 19.9 Å². The molecule has 2 heterocycles. The topological polar surface area (TPSA) is 68.9 Å². The van der Waals surface area contributed by atoms with Crippen LogP contribution < -0.4 is 15.1 Å². The van der Waals surface area contributed by atoms with Crippen molar-refractivity contribution in [2.45, 2.75) is 19.8 Å². The van der Waals surface area contributed by atoms with Gasteiger partial charge in [-0.05, 0) is 30.2 Å². The number of phenolic OH excluding ortho intramolecular Hbond substituents is 1. The summed E-state index contributed by atoms with van der Waals surface area (Å²) < 4.78 is 16.2.